The summed E-state index contributed by atoms with van der Waals surface area (Å²) < 4.78 is 5.63. The summed E-state index contributed by atoms with van der Waals surface area (Å²) in [4.78, 5) is 0. The molecular weight excluding hydrogens is 222 g/mol. The van der Waals surface area contributed by atoms with Gasteiger partial charge in [0.05, 0.1) is 6.61 Å². The Morgan fingerprint density at radius 2 is 1.89 bits per heavy atom. The van der Waals surface area contributed by atoms with E-state index >= 15 is 0 Å². The SMILES string of the molecule is c1ccc(C2CC(NCCOCC3CC3)C2)cc1. The van der Waals surface area contributed by atoms with E-state index in [1.54, 1.807) is 0 Å². The molecule has 0 spiro atoms. The summed E-state index contributed by atoms with van der Waals surface area (Å²) in [5, 5.41) is 3.59. The molecule has 2 heteroatoms. The van der Waals surface area contributed by atoms with Gasteiger partial charge in [-0.25, -0.2) is 0 Å². The van der Waals surface area contributed by atoms with Gasteiger partial charge in [-0.05, 0) is 43.1 Å². The first-order chi connectivity index (χ1) is 8.92. The summed E-state index contributed by atoms with van der Waals surface area (Å²) in [6, 6.07) is 11.6. The lowest BCUT2D eigenvalue weighted by molar-refractivity contribution is 0.120. The Morgan fingerprint density at radius 3 is 2.61 bits per heavy atom. The second kappa shape index (κ2) is 5.85. The molecule has 0 aliphatic heterocycles. The fraction of sp³-hybridized carbons (Fsp3) is 0.625. The van der Waals surface area contributed by atoms with Crippen LogP contribution in [-0.4, -0.2) is 25.8 Å². The van der Waals surface area contributed by atoms with E-state index in [1.165, 1.54) is 31.2 Å². The van der Waals surface area contributed by atoms with Gasteiger partial charge in [0.1, 0.15) is 0 Å². The van der Waals surface area contributed by atoms with Crippen molar-refractivity contribution in [2.45, 2.75) is 37.6 Å². The number of hydrogen-bond donors (Lipinski definition) is 1. The third-order valence-electron chi connectivity index (χ3n) is 4.14. The van der Waals surface area contributed by atoms with Crippen LogP contribution in [0.3, 0.4) is 0 Å². The molecule has 0 atom stereocenters. The minimum absolute atomic E-state index is 0.708. The average Bonchev–Trinajstić information content (AvgIpc) is 3.16. The van der Waals surface area contributed by atoms with Gasteiger partial charge in [-0.2, -0.15) is 0 Å². The Hall–Kier alpha value is -0.860. The van der Waals surface area contributed by atoms with Gasteiger partial charge < -0.3 is 10.1 Å². The summed E-state index contributed by atoms with van der Waals surface area (Å²) in [5.41, 5.74) is 1.50. The first kappa shape index (κ1) is 12.2. The monoisotopic (exact) mass is 245 g/mol. The van der Waals surface area contributed by atoms with E-state index in [0.717, 1.165) is 31.6 Å². The molecule has 0 unspecified atom stereocenters. The van der Waals surface area contributed by atoms with Crippen molar-refractivity contribution in [2.75, 3.05) is 19.8 Å². The van der Waals surface area contributed by atoms with E-state index < -0.39 is 0 Å². The molecular formula is C16H23NO. The Balaban J connectivity index is 1.26. The summed E-state index contributed by atoms with van der Waals surface area (Å²) in [6.07, 6.45) is 5.34. The van der Waals surface area contributed by atoms with E-state index in [4.69, 9.17) is 4.74 Å². The summed E-state index contributed by atoms with van der Waals surface area (Å²) in [7, 11) is 0. The molecule has 0 aromatic heterocycles. The lowest BCUT2D eigenvalue weighted by atomic mass is 9.76. The van der Waals surface area contributed by atoms with Gasteiger partial charge in [-0.1, -0.05) is 30.3 Å². The second-order valence-corrected chi connectivity index (χ2v) is 5.75. The topological polar surface area (TPSA) is 21.3 Å². The van der Waals surface area contributed by atoms with Crippen molar-refractivity contribution in [1.29, 1.82) is 0 Å². The Morgan fingerprint density at radius 1 is 1.11 bits per heavy atom. The predicted molar refractivity (Wildman–Crippen MR) is 73.8 cm³/mol. The zero-order chi connectivity index (χ0) is 12.2. The smallest absolute Gasteiger partial charge is 0.0591 e. The summed E-state index contributed by atoms with van der Waals surface area (Å²) >= 11 is 0. The van der Waals surface area contributed by atoms with E-state index in [0.29, 0.717) is 6.04 Å². The third-order valence-corrected chi connectivity index (χ3v) is 4.14. The number of rotatable bonds is 7. The van der Waals surface area contributed by atoms with Crippen LogP contribution >= 0.6 is 0 Å². The van der Waals surface area contributed by atoms with E-state index in [1.807, 2.05) is 0 Å². The van der Waals surface area contributed by atoms with Crippen LogP contribution in [0.1, 0.15) is 37.2 Å². The van der Waals surface area contributed by atoms with Gasteiger partial charge in [-0.3, -0.25) is 0 Å². The Kier molecular flexibility index (Phi) is 3.96. The second-order valence-electron chi connectivity index (χ2n) is 5.75. The van der Waals surface area contributed by atoms with E-state index in [-0.39, 0.29) is 0 Å². The fourth-order valence-electron chi connectivity index (χ4n) is 2.65. The molecule has 0 heterocycles. The lowest BCUT2D eigenvalue weighted by Crippen LogP contribution is -2.41. The van der Waals surface area contributed by atoms with Gasteiger partial charge in [0.15, 0.2) is 0 Å². The Labute approximate surface area is 110 Å². The van der Waals surface area contributed by atoms with E-state index in [9.17, 15) is 0 Å². The maximum Gasteiger partial charge on any atom is 0.0591 e. The lowest BCUT2D eigenvalue weighted by Gasteiger charge is -2.36. The average molecular weight is 245 g/mol. The molecule has 0 saturated heterocycles. The van der Waals surface area contributed by atoms with Crippen LogP contribution in [0.4, 0.5) is 0 Å². The molecule has 2 nitrogen and oxygen atoms in total. The summed E-state index contributed by atoms with van der Waals surface area (Å²) in [6.45, 7) is 2.88. The maximum absolute atomic E-state index is 5.63. The van der Waals surface area contributed by atoms with Crippen LogP contribution in [0.15, 0.2) is 30.3 Å². The molecule has 2 aliphatic rings. The molecule has 3 rings (SSSR count). The van der Waals surface area contributed by atoms with Gasteiger partial charge in [-0.15, -0.1) is 0 Å². The number of nitrogens with one attached hydrogen (secondary N) is 1. The molecule has 1 aromatic rings. The molecule has 18 heavy (non-hydrogen) atoms. The third kappa shape index (κ3) is 3.33. The fourth-order valence-corrected chi connectivity index (χ4v) is 2.65. The van der Waals surface area contributed by atoms with Crippen molar-refractivity contribution in [3.63, 3.8) is 0 Å². The molecule has 0 amide bonds. The van der Waals surface area contributed by atoms with Crippen molar-refractivity contribution in [2.24, 2.45) is 5.92 Å². The molecule has 2 saturated carbocycles. The Bertz CT molecular complexity index is 355. The van der Waals surface area contributed by atoms with Gasteiger partial charge in [0, 0.05) is 19.2 Å². The highest BCUT2D eigenvalue weighted by Crippen LogP contribution is 2.36. The van der Waals surface area contributed by atoms with Crippen LogP contribution in [0, 0.1) is 5.92 Å². The number of ether oxygens (including phenoxy) is 1. The van der Waals surface area contributed by atoms with Crippen LogP contribution in [0.2, 0.25) is 0 Å². The summed E-state index contributed by atoms with van der Waals surface area (Å²) in [5.74, 6) is 1.66. The van der Waals surface area contributed by atoms with Crippen molar-refractivity contribution >= 4 is 0 Å². The first-order valence-corrected chi connectivity index (χ1v) is 7.28. The normalized spacial score (nSPS) is 26.9. The zero-order valence-electron chi connectivity index (χ0n) is 11.0. The maximum atomic E-state index is 5.63. The molecule has 0 radical (unpaired) electrons. The van der Waals surface area contributed by atoms with Gasteiger partial charge in [0.25, 0.3) is 0 Å². The van der Waals surface area contributed by atoms with Crippen LogP contribution < -0.4 is 5.32 Å². The molecule has 1 aromatic carbocycles. The minimum Gasteiger partial charge on any atom is -0.380 e. The van der Waals surface area contributed by atoms with Crippen molar-refractivity contribution < 1.29 is 4.74 Å². The van der Waals surface area contributed by atoms with Crippen molar-refractivity contribution in [3.8, 4) is 0 Å². The molecule has 1 N–H and O–H groups in total. The zero-order valence-corrected chi connectivity index (χ0v) is 11.0. The molecule has 2 aliphatic carbocycles. The molecule has 98 valence electrons. The van der Waals surface area contributed by atoms with Crippen LogP contribution in [0.25, 0.3) is 0 Å². The highest BCUT2D eigenvalue weighted by Gasteiger charge is 2.29. The standard InChI is InChI=1S/C16H23NO/c1-2-4-14(5-3-1)15-10-16(11-15)17-8-9-18-12-13-6-7-13/h1-5,13,15-17H,6-12H2. The predicted octanol–water partition coefficient (Wildman–Crippen LogP) is 2.95. The number of benzene rings is 1. The van der Waals surface area contributed by atoms with Crippen LogP contribution in [-0.2, 0) is 4.74 Å². The van der Waals surface area contributed by atoms with E-state index in [2.05, 4.69) is 35.6 Å². The highest BCUT2D eigenvalue weighted by atomic mass is 16.5. The number of hydrogen-bond acceptors (Lipinski definition) is 2. The van der Waals surface area contributed by atoms with Crippen molar-refractivity contribution in [3.05, 3.63) is 35.9 Å². The highest BCUT2D eigenvalue weighted by molar-refractivity contribution is 5.22. The van der Waals surface area contributed by atoms with Crippen molar-refractivity contribution in [1.82, 2.24) is 5.32 Å². The molecule has 0 bridgehead atoms. The molecule has 2 fully saturated rings. The largest absolute Gasteiger partial charge is 0.380 e. The van der Waals surface area contributed by atoms with Crippen LogP contribution in [0.5, 0.6) is 0 Å². The van der Waals surface area contributed by atoms with Gasteiger partial charge >= 0.3 is 0 Å². The minimum atomic E-state index is 0.708. The quantitative estimate of drug-likeness (QED) is 0.746. The first-order valence-electron chi connectivity index (χ1n) is 7.28. The van der Waals surface area contributed by atoms with Gasteiger partial charge in [0.2, 0.25) is 0 Å².